The first-order chi connectivity index (χ1) is 9.37. The first-order valence-electron chi connectivity index (χ1n) is 7.03. The molecule has 21 heavy (non-hydrogen) atoms. The lowest BCUT2D eigenvalue weighted by molar-refractivity contribution is -0.137. The van der Waals surface area contributed by atoms with E-state index in [4.69, 9.17) is 15.3 Å². The van der Waals surface area contributed by atoms with Crippen LogP contribution in [0.1, 0.15) is 74.1 Å². The average Bonchev–Trinajstić information content (AvgIpc) is 2.39. The first-order valence-corrected chi connectivity index (χ1v) is 7.03. The van der Waals surface area contributed by atoms with Gasteiger partial charge in [-0.15, -0.1) is 0 Å². The van der Waals surface area contributed by atoms with Gasteiger partial charge in [-0.05, 0) is 5.41 Å². The van der Waals surface area contributed by atoms with Crippen LogP contribution in [0.5, 0.6) is 0 Å². The molecule has 0 saturated heterocycles. The Kier molecular flexibility index (Phi) is 24.3. The summed E-state index contributed by atoms with van der Waals surface area (Å²) in [7, 11) is 0. The van der Waals surface area contributed by atoms with Gasteiger partial charge in [-0.2, -0.15) is 0 Å². The first kappa shape index (κ1) is 27.7. The summed E-state index contributed by atoms with van der Waals surface area (Å²) in [6.45, 7) is 13.7. The Labute approximate surface area is 128 Å². The molecule has 128 valence electrons. The third-order valence-electron chi connectivity index (χ3n) is 1.97. The van der Waals surface area contributed by atoms with Gasteiger partial charge >= 0.3 is 17.9 Å². The van der Waals surface area contributed by atoms with Crippen LogP contribution in [-0.4, -0.2) is 33.2 Å². The van der Waals surface area contributed by atoms with Crippen molar-refractivity contribution < 1.29 is 29.7 Å². The van der Waals surface area contributed by atoms with E-state index in [1.165, 1.54) is 6.42 Å². The van der Waals surface area contributed by atoms with Crippen LogP contribution in [-0.2, 0) is 14.4 Å². The zero-order valence-electron chi connectivity index (χ0n) is 14.4. The molecule has 0 amide bonds. The Morgan fingerprint density at radius 1 is 0.667 bits per heavy atom. The van der Waals surface area contributed by atoms with E-state index in [2.05, 4.69) is 27.7 Å². The Morgan fingerprint density at radius 3 is 0.762 bits per heavy atom. The van der Waals surface area contributed by atoms with E-state index in [9.17, 15) is 14.4 Å². The quantitative estimate of drug-likeness (QED) is 0.729. The molecule has 0 aromatic rings. The fraction of sp³-hybridized carbons (Fsp3) is 0.800. The highest BCUT2D eigenvalue weighted by atomic mass is 16.4. The van der Waals surface area contributed by atoms with Crippen molar-refractivity contribution in [2.75, 3.05) is 0 Å². The maximum atomic E-state index is 9.37. The Morgan fingerprint density at radius 2 is 0.762 bits per heavy atom. The number of carboxylic acid groups (broad SMARTS) is 3. The van der Waals surface area contributed by atoms with Crippen LogP contribution in [0.15, 0.2) is 0 Å². The molecule has 0 aliphatic rings. The van der Waals surface area contributed by atoms with Crippen LogP contribution in [0.3, 0.4) is 0 Å². The summed E-state index contributed by atoms with van der Waals surface area (Å²) in [6, 6.07) is 0. The fourth-order valence-corrected chi connectivity index (χ4v) is 0. The second-order valence-electron chi connectivity index (χ2n) is 5.16. The van der Waals surface area contributed by atoms with Gasteiger partial charge in [0.15, 0.2) is 0 Å². The number of rotatable bonds is 3. The standard InChI is InChI=1S/C6H14.3C3H6O2/c1-5-6(2,3)4;3*1-2-3(4)5/h5H2,1-4H3;3*2H2,1H3,(H,4,5). The fourth-order valence-electron chi connectivity index (χ4n) is 0. The van der Waals surface area contributed by atoms with E-state index in [0.29, 0.717) is 5.41 Å². The minimum atomic E-state index is -0.745. The molecule has 0 rings (SSSR count). The van der Waals surface area contributed by atoms with Crippen molar-refractivity contribution >= 4 is 17.9 Å². The molecule has 0 heterocycles. The normalized spacial score (nSPS) is 8.71. The third-order valence-corrected chi connectivity index (χ3v) is 1.97. The Hall–Kier alpha value is -1.59. The molecule has 0 fully saturated rings. The van der Waals surface area contributed by atoms with Crippen LogP contribution in [0.25, 0.3) is 0 Å². The number of hydrogen-bond acceptors (Lipinski definition) is 3. The summed E-state index contributed by atoms with van der Waals surface area (Å²) in [5.74, 6) is -2.24. The van der Waals surface area contributed by atoms with Gasteiger partial charge in [0.05, 0.1) is 0 Å². The second kappa shape index (κ2) is 18.4. The van der Waals surface area contributed by atoms with Crippen molar-refractivity contribution in [2.45, 2.75) is 74.1 Å². The topological polar surface area (TPSA) is 112 Å². The third kappa shape index (κ3) is 90.3. The maximum Gasteiger partial charge on any atom is 0.303 e. The average molecular weight is 308 g/mol. The minimum absolute atomic E-state index is 0.222. The number of carboxylic acids is 3. The molecule has 0 radical (unpaired) electrons. The van der Waals surface area contributed by atoms with Gasteiger partial charge in [0, 0.05) is 19.3 Å². The molecule has 6 nitrogen and oxygen atoms in total. The maximum absolute atomic E-state index is 9.37. The lowest BCUT2D eigenvalue weighted by atomic mass is 9.94. The highest BCUT2D eigenvalue weighted by Crippen LogP contribution is 2.16. The summed E-state index contributed by atoms with van der Waals surface area (Å²) < 4.78 is 0. The van der Waals surface area contributed by atoms with Crippen LogP contribution >= 0.6 is 0 Å². The molecule has 0 aliphatic heterocycles. The van der Waals surface area contributed by atoms with Crippen LogP contribution in [0.2, 0.25) is 0 Å². The molecule has 0 saturated carbocycles. The zero-order chi connectivity index (χ0) is 18.1. The largest absolute Gasteiger partial charge is 0.481 e. The molecular formula is C15H32O6. The number of aliphatic carboxylic acids is 3. The van der Waals surface area contributed by atoms with Crippen molar-refractivity contribution in [3.8, 4) is 0 Å². The van der Waals surface area contributed by atoms with Crippen molar-refractivity contribution in [3.05, 3.63) is 0 Å². The monoisotopic (exact) mass is 308 g/mol. The number of hydrogen-bond donors (Lipinski definition) is 3. The molecule has 0 aliphatic carbocycles. The van der Waals surface area contributed by atoms with Crippen LogP contribution in [0, 0.1) is 5.41 Å². The van der Waals surface area contributed by atoms with E-state index >= 15 is 0 Å². The van der Waals surface area contributed by atoms with Crippen LogP contribution < -0.4 is 0 Å². The lowest BCUT2D eigenvalue weighted by Crippen LogP contribution is -2.00. The summed E-state index contributed by atoms with van der Waals surface area (Å²) in [5.41, 5.74) is 0.542. The molecule has 6 heteroatoms. The van der Waals surface area contributed by atoms with Crippen molar-refractivity contribution in [1.29, 1.82) is 0 Å². The minimum Gasteiger partial charge on any atom is -0.481 e. The van der Waals surface area contributed by atoms with E-state index in [-0.39, 0.29) is 19.3 Å². The molecule has 3 N–H and O–H groups in total. The summed E-state index contributed by atoms with van der Waals surface area (Å²) in [5, 5.41) is 23.2. The molecule has 0 spiro atoms. The summed E-state index contributed by atoms with van der Waals surface area (Å²) in [4.78, 5) is 28.1. The molecule has 0 unspecified atom stereocenters. The molecular weight excluding hydrogens is 276 g/mol. The van der Waals surface area contributed by atoms with Gasteiger partial charge in [0.25, 0.3) is 0 Å². The second-order valence-corrected chi connectivity index (χ2v) is 5.16. The van der Waals surface area contributed by atoms with Gasteiger partial charge in [-0.3, -0.25) is 14.4 Å². The van der Waals surface area contributed by atoms with Crippen molar-refractivity contribution in [2.24, 2.45) is 5.41 Å². The Bertz CT molecular complexity index is 233. The van der Waals surface area contributed by atoms with Crippen molar-refractivity contribution in [3.63, 3.8) is 0 Å². The van der Waals surface area contributed by atoms with Crippen molar-refractivity contribution in [1.82, 2.24) is 0 Å². The Balaban J connectivity index is -0.0000000921. The highest BCUT2D eigenvalue weighted by Gasteiger charge is 2.03. The van der Waals surface area contributed by atoms with Gasteiger partial charge in [0.2, 0.25) is 0 Å². The van der Waals surface area contributed by atoms with Crippen LogP contribution in [0.4, 0.5) is 0 Å². The van der Waals surface area contributed by atoms with E-state index in [0.717, 1.165) is 0 Å². The van der Waals surface area contributed by atoms with Gasteiger partial charge < -0.3 is 15.3 Å². The van der Waals surface area contributed by atoms with Gasteiger partial charge in [-0.1, -0.05) is 54.9 Å². The smallest absolute Gasteiger partial charge is 0.303 e. The zero-order valence-corrected chi connectivity index (χ0v) is 14.4. The van der Waals surface area contributed by atoms with E-state index in [1.54, 1.807) is 20.8 Å². The molecule has 0 aromatic carbocycles. The van der Waals surface area contributed by atoms with E-state index in [1.807, 2.05) is 0 Å². The van der Waals surface area contributed by atoms with Gasteiger partial charge in [0.1, 0.15) is 0 Å². The molecule has 0 atom stereocenters. The predicted octanol–water partition coefficient (Wildman–Crippen LogP) is 3.89. The summed E-state index contributed by atoms with van der Waals surface area (Å²) >= 11 is 0. The lowest BCUT2D eigenvalue weighted by Gasteiger charge is -2.12. The summed E-state index contributed by atoms with van der Waals surface area (Å²) in [6.07, 6.45) is 1.94. The van der Waals surface area contributed by atoms with Gasteiger partial charge in [-0.25, -0.2) is 0 Å². The molecule has 0 aromatic heterocycles. The SMILES string of the molecule is CCC(=O)O.CCC(=O)O.CCC(=O)O.CCC(C)(C)C. The predicted molar refractivity (Wildman–Crippen MR) is 83.5 cm³/mol. The highest BCUT2D eigenvalue weighted by molar-refractivity contribution is 5.66. The molecule has 0 bridgehead atoms. The van der Waals surface area contributed by atoms with E-state index < -0.39 is 17.9 Å². The number of carbonyl (C=O) groups is 3.